The molecule has 2 rings (SSSR count). The Labute approximate surface area is 114 Å². The first-order chi connectivity index (χ1) is 9.20. The van der Waals surface area contributed by atoms with Crippen molar-refractivity contribution < 1.29 is 9.13 Å². The van der Waals surface area contributed by atoms with Crippen LogP contribution in [0.4, 0.5) is 4.39 Å². The molecule has 0 spiro atoms. The van der Waals surface area contributed by atoms with Crippen molar-refractivity contribution in [3.05, 3.63) is 29.6 Å². The number of halogens is 1. The molecule has 3 nitrogen and oxygen atoms in total. The van der Waals surface area contributed by atoms with E-state index in [2.05, 4.69) is 17.1 Å². The molecule has 1 heterocycles. The maximum Gasteiger partial charge on any atom is 0.165 e. The van der Waals surface area contributed by atoms with E-state index in [4.69, 9.17) is 4.74 Å². The van der Waals surface area contributed by atoms with E-state index in [1.54, 1.807) is 6.07 Å². The normalized spacial score (nSPS) is 17.6. The van der Waals surface area contributed by atoms with Crippen LogP contribution in [0, 0.1) is 5.82 Å². The van der Waals surface area contributed by atoms with Gasteiger partial charge in [0, 0.05) is 19.1 Å². The molecule has 1 N–H and O–H groups in total. The molecule has 1 fully saturated rings. The van der Waals surface area contributed by atoms with Gasteiger partial charge in [0.15, 0.2) is 11.6 Å². The highest BCUT2D eigenvalue weighted by Gasteiger charge is 2.17. The fraction of sp³-hybridized carbons (Fsp3) is 0.600. The van der Waals surface area contributed by atoms with Crippen molar-refractivity contribution in [1.29, 1.82) is 0 Å². The number of likely N-dealkylation sites (tertiary alicyclic amines) is 1. The lowest BCUT2D eigenvalue weighted by Crippen LogP contribution is -2.38. The van der Waals surface area contributed by atoms with Gasteiger partial charge in [0.05, 0.1) is 7.11 Å². The number of hydrogen-bond donors (Lipinski definition) is 1. The van der Waals surface area contributed by atoms with Crippen LogP contribution < -0.4 is 10.1 Å². The molecule has 4 heteroatoms. The SMILES string of the molecule is COc1ccc(CNCC(C)N2CCCC2)cc1F. The molecule has 19 heavy (non-hydrogen) atoms. The Morgan fingerprint density at radius 2 is 2.11 bits per heavy atom. The Balaban J connectivity index is 1.77. The van der Waals surface area contributed by atoms with Crippen molar-refractivity contribution in [2.45, 2.75) is 32.4 Å². The van der Waals surface area contributed by atoms with E-state index in [-0.39, 0.29) is 5.82 Å². The highest BCUT2D eigenvalue weighted by atomic mass is 19.1. The Kier molecular flexibility index (Phi) is 5.16. The molecular formula is C15H23FN2O. The van der Waals surface area contributed by atoms with Gasteiger partial charge in [-0.25, -0.2) is 4.39 Å². The summed E-state index contributed by atoms with van der Waals surface area (Å²) in [6.07, 6.45) is 2.63. The second-order valence-corrected chi connectivity index (χ2v) is 5.19. The number of ether oxygens (including phenoxy) is 1. The van der Waals surface area contributed by atoms with Crippen LogP contribution >= 0.6 is 0 Å². The fourth-order valence-electron chi connectivity index (χ4n) is 2.56. The molecule has 1 aliphatic rings. The van der Waals surface area contributed by atoms with Gasteiger partial charge in [-0.05, 0) is 50.6 Å². The topological polar surface area (TPSA) is 24.5 Å². The summed E-state index contributed by atoms with van der Waals surface area (Å²) in [5, 5.41) is 3.39. The van der Waals surface area contributed by atoms with Gasteiger partial charge in [0.25, 0.3) is 0 Å². The predicted molar refractivity (Wildman–Crippen MR) is 74.9 cm³/mol. The van der Waals surface area contributed by atoms with Crippen LogP contribution in [0.2, 0.25) is 0 Å². The minimum Gasteiger partial charge on any atom is -0.494 e. The van der Waals surface area contributed by atoms with Crippen LogP contribution in [0.25, 0.3) is 0 Å². The predicted octanol–water partition coefficient (Wildman–Crippen LogP) is 2.41. The summed E-state index contributed by atoms with van der Waals surface area (Å²) in [4.78, 5) is 2.50. The lowest BCUT2D eigenvalue weighted by Gasteiger charge is -2.24. The highest BCUT2D eigenvalue weighted by Crippen LogP contribution is 2.17. The van der Waals surface area contributed by atoms with Gasteiger partial charge in [0.2, 0.25) is 0 Å². The van der Waals surface area contributed by atoms with Crippen LogP contribution in [0.3, 0.4) is 0 Å². The van der Waals surface area contributed by atoms with E-state index in [9.17, 15) is 4.39 Å². The maximum absolute atomic E-state index is 13.5. The van der Waals surface area contributed by atoms with Crippen molar-refractivity contribution in [3.8, 4) is 5.75 Å². The molecule has 0 amide bonds. The van der Waals surface area contributed by atoms with E-state index < -0.39 is 0 Å². The second-order valence-electron chi connectivity index (χ2n) is 5.19. The monoisotopic (exact) mass is 266 g/mol. The van der Waals surface area contributed by atoms with E-state index in [1.807, 2.05) is 6.07 Å². The summed E-state index contributed by atoms with van der Waals surface area (Å²) >= 11 is 0. The third-order valence-corrected chi connectivity index (χ3v) is 3.75. The first-order valence-electron chi connectivity index (χ1n) is 6.98. The zero-order valence-electron chi connectivity index (χ0n) is 11.8. The third kappa shape index (κ3) is 3.91. The average Bonchev–Trinajstić information content (AvgIpc) is 2.93. The number of nitrogens with one attached hydrogen (secondary N) is 1. The van der Waals surface area contributed by atoms with Gasteiger partial charge in [-0.3, -0.25) is 4.90 Å². The fourth-order valence-corrected chi connectivity index (χ4v) is 2.56. The first-order valence-corrected chi connectivity index (χ1v) is 6.98. The van der Waals surface area contributed by atoms with Crippen LogP contribution in [-0.4, -0.2) is 37.7 Å². The van der Waals surface area contributed by atoms with E-state index in [0.717, 1.165) is 12.1 Å². The van der Waals surface area contributed by atoms with Crippen molar-refractivity contribution in [2.75, 3.05) is 26.7 Å². The molecule has 0 aromatic heterocycles. The van der Waals surface area contributed by atoms with Crippen LogP contribution in [0.5, 0.6) is 5.75 Å². The number of rotatable bonds is 6. The highest BCUT2D eigenvalue weighted by molar-refractivity contribution is 5.29. The Morgan fingerprint density at radius 1 is 1.37 bits per heavy atom. The molecule has 1 aromatic carbocycles. The Hall–Kier alpha value is -1.13. The van der Waals surface area contributed by atoms with Gasteiger partial charge in [0.1, 0.15) is 0 Å². The lowest BCUT2D eigenvalue weighted by molar-refractivity contribution is 0.251. The van der Waals surface area contributed by atoms with Gasteiger partial charge < -0.3 is 10.1 Å². The van der Waals surface area contributed by atoms with Crippen LogP contribution in [0.15, 0.2) is 18.2 Å². The summed E-state index contributed by atoms with van der Waals surface area (Å²) in [7, 11) is 1.48. The molecule has 1 atom stereocenters. The Morgan fingerprint density at radius 3 is 2.74 bits per heavy atom. The second kappa shape index (κ2) is 6.87. The van der Waals surface area contributed by atoms with Crippen molar-refractivity contribution in [2.24, 2.45) is 0 Å². The van der Waals surface area contributed by atoms with Gasteiger partial charge in [-0.15, -0.1) is 0 Å². The minimum atomic E-state index is -0.297. The summed E-state index contributed by atoms with van der Waals surface area (Å²) in [5.74, 6) is 0.00331. The lowest BCUT2D eigenvalue weighted by atomic mass is 10.2. The molecular weight excluding hydrogens is 243 g/mol. The summed E-state index contributed by atoms with van der Waals surface area (Å²) < 4.78 is 18.4. The summed E-state index contributed by atoms with van der Waals surface area (Å²) in [5.41, 5.74) is 0.951. The maximum atomic E-state index is 13.5. The zero-order valence-corrected chi connectivity index (χ0v) is 11.8. The summed E-state index contributed by atoms with van der Waals surface area (Å²) in [6.45, 7) is 6.29. The number of methoxy groups -OCH3 is 1. The standard InChI is InChI=1S/C15H23FN2O/c1-12(18-7-3-4-8-18)10-17-11-13-5-6-15(19-2)14(16)9-13/h5-6,9,12,17H,3-4,7-8,10-11H2,1-2H3. The number of benzene rings is 1. The molecule has 1 aromatic rings. The zero-order chi connectivity index (χ0) is 13.7. The molecule has 1 saturated heterocycles. The third-order valence-electron chi connectivity index (χ3n) is 3.75. The van der Waals surface area contributed by atoms with Crippen molar-refractivity contribution in [3.63, 3.8) is 0 Å². The summed E-state index contributed by atoms with van der Waals surface area (Å²) in [6, 6.07) is 5.66. The molecule has 0 radical (unpaired) electrons. The Bertz CT molecular complexity index is 405. The van der Waals surface area contributed by atoms with Gasteiger partial charge in [-0.1, -0.05) is 6.07 Å². The molecule has 106 valence electrons. The smallest absolute Gasteiger partial charge is 0.165 e. The van der Waals surface area contributed by atoms with E-state index >= 15 is 0 Å². The van der Waals surface area contributed by atoms with Gasteiger partial charge in [-0.2, -0.15) is 0 Å². The number of hydrogen-bond acceptors (Lipinski definition) is 3. The molecule has 1 aliphatic heterocycles. The van der Waals surface area contributed by atoms with Crippen LogP contribution in [0.1, 0.15) is 25.3 Å². The van der Waals surface area contributed by atoms with E-state index in [0.29, 0.717) is 18.3 Å². The minimum absolute atomic E-state index is 0.297. The molecule has 1 unspecified atom stereocenters. The van der Waals surface area contributed by atoms with Crippen molar-refractivity contribution in [1.82, 2.24) is 10.2 Å². The van der Waals surface area contributed by atoms with E-state index in [1.165, 1.54) is 39.1 Å². The largest absolute Gasteiger partial charge is 0.494 e. The van der Waals surface area contributed by atoms with Crippen LogP contribution in [-0.2, 0) is 6.54 Å². The molecule has 0 aliphatic carbocycles. The van der Waals surface area contributed by atoms with Gasteiger partial charge >= 0.3 is 0 Å². The average molecular weight is 266 g/mol. The first kappa shape index (κ1) is 14.3. The number of nitrogens with zero attached hydrogens (tertiary/aromatic N) is 1. The molecule has 0 bridgehead atoms. The quantitative estimate of drug-likeness (QED) is 0.855. The van der Waals surface area contributed by atoms with Crippen molar-refractivity contribution >= 4 is 0 Å². The molecule has 0 saturated carbocycles.